The molecule has 2 heterocycles. The van der Waals surface area contributed by atoms with Gasteiger partial charge in [-0.25, -0.2) is 23.1 Å². The molecule has 0 aliphatic heterocycles. The molecule has 0 radical (unpaired) electrons. The van der Waals surface area contributed by atoms with Crippen molar-refractivity contribution in [1.29, 1.82) is 0 Å². The summed E-state index contributed by atoms with van der Waals surface area (Å²) in [5.41, 5.74) is 1.69. The fourth-order valence-corrected chi connectivity index (χ4v) is 3.12. The second-order valence-corrected chi connectivity index (χ2v) is 7.99. The minimum Gasteiger partial charge on any atom is -0.358 e. The van der Waals surface area contributed by atoms with Gasteiger partial charge in [0, 0.05) is 49.0 Å². The largest absolute Gasteiger partial charge is 0.358 e. The molecule has 132 valence electrons. The molecule has 2 aromatic heterocycles. The Morgan fingerprint density at radius 3 is 2.80 bits per heavy atom. The summed E-state index contributed by atoms with van der Waals surface area (Å²) < 4.78 is 26.8. The highest BCUT2D eigenvalue weighted by molar-refractivity contribution is 7.88. The Morgan fingerprint density at radius 1 is 1.32 bits per heavy atom. The quantitative estimate of drug-likeness (QED) is 0.709. The summed E-state index contributed by atoms with van der Waals surface area (Å²) in [4.78, 5) is 10.6. The van der Waals surface area contributed by atoms with Gasteiger partial charge in [-0.05, 0) is 18.2 Å². The average Bonchev–Trinajstić information content (AvgIpc) is 3.06. The number of rotatable bonds is 6. The number of nitrogens with one attached hydrogen (secondary N) is 1. The van der Waals surface area contributed by atoms with Crippen molar-refractivity contribution < 1.29 is 8.42 Å². The number of halogens is 1. The van der Waals surface area contributed by atoms with E-state index in [2.05, 4.69) is 14.7 Å². The van der Waals surface area contributed by atoms with Crippen molar-refractivity contribution in [3.05, 3.63) is 48.0 Å². The third-order valence-corrected chi connectivity index (χ3v) is 4.69. The molecule has 1 N–H and O–H groups in total. The molecule has 1 aromatic carbocycles. The van der Waals surface area contributed by atoms with Crippen LogP contribution in [0.1, 0.15) is 0 Å². The maximum Gasteiger partial charge on any atom is 0.208 e. The van der Waals surface area contributed by atoms with Crippen molar-refractivity contribution in [3.8, 4) is 5.69 Å². The van der Waals surface area contributed by atoms with Gasteiger partial charge in [0.25, 0.3) is 0 Å². The number of anilines is 1. The first kappa shape index (κ1) is 17.7. The van der Waals surface area contributed by atoms with Gasteiger partial charge in [0.05, 0.1) is 23.8 Å². The Labute approximate surface area is 151 Å². The highest BCUT2D eigenvalue weighted by atomic mass is 35.5. The second kappa shape index (κ2) is 6.99. The predicted octanol–water partition coefficient (Wildman–Crippen LogP) is 2.06. The smallest absolute Gasteiger partial charge is 0.208 e. The second-order valence-electron chi connectivity index (χ2n) is 5.72. The molecule has 0 saturated carbocycles. The minimum atomic E-state index is -3.21. The Hall–Kier alpha value is -2.16. The van der Waals surface area contributed by atoms with Crippen molar-refractivity contribution in [2.75, 3.05) is 31.3 Å². The van der Waals surface area contributed by atoms with E-state index in [-0.39, 0.29) is 0 Å². The normalized spacial score (nSPS) is 11.8. The van der Waals surface area contributed by atoms with Crippen molar-refractivity contribution in [2.45, 2.75) is 0 Å². The van der Waals surface area contributed by atoms with Crippen LogP contribution < -0.4 is 9.62 Å². The lowest BCUT2D eigenvalue weighted by molar-refractivity contribution is 0.587. The molecule has 0 fully saturated rings. The van der Waals surface area contributed by atoms with Crippen LogP contribution in [0.5, 0.6) is 0 Å². The summed E-state index contributed by atoms with van der Waals surface area (Å²) in [5.74, 6) is 0.716. The summed E-state index contributed by atoms with van der Waals surface area (Å²) >= 11 is 6.11. The standard InChI is InChI=1S/C16H18ClN5O2S/c1-21(7-6-19-25(2,23)24)16-10-15(22-8-5-18-11-22)13-4-3-12(17)9-14(13)20-16/h3-5,8-11,19H,6-7H2,1-2H3. The number of nitrogens with zero attached hydrogens (tertiary/aromatic N) is 4. The van der Waals surface area contributed by atoms with Crippen LogP contribution in [-0.2, 0) is 10.0 Å². The highest BCUT2D eigenvalue weighted by Gasteiger charge is 2.11. The number of benzene rings is 1. The van der Waals surface area contributed by atoms with Gasteiger partial charge in [0.15, 0.2) is 0 Å². The van der Waals surface area contributed by atoms with E-state index in [9.17, 15) is 8.42 Å². The van der Waals surface area contributed by atoms with Crippen molar-refractivity contribution in [1.82, 2.24) is 19.3 Å². The van der Waals surface area contributed by atoms with Crippen LogP contribution in [0.4, 0.5) is 5.82 Å². The van der Waals surface area contributed by atoms with Gasteiger partial charge < -0.3 is 9.47 Å². The lowest BCUT2D eigenvalue weighted by atomic mass is 10.1. The molecule has 0 amide bonds. The molecule has 3 rings (SSSR count). The van der Waals surface area contributed by atoms with Crippen LogP contribution in [0.3, 0.4) is 0 Å². The molecule has 0 aliphatic rings. The molecule has 7 nitrogen and oxygen atoms in total. The number of hydrogen-bond donors (Lipinski definition) is 1. The fourth-order valence-electron chi connectivity index (χ4n) is 2.49. The molecule has 0 spiro atoms. The maximum absolute atomic E-state index is 11.2. The first-order valence-corrected chi connectivity index (χ1v) is 9.85. The molecule has 25 heavy (non-hydrogen) atoms. The van der Waals surface area contributed by atoms with Gasteiger partial charge in [0.1, 0.15) is 5.82 Å². The summed E-state index contributed by atoms with van der Waals surface area (Å²) in [5, 5.41) is 1.56. The molecule has 0 unspecified atom stereocenters. The van der Waals surface area contributed by atoms with Crippen LogP contribution in [0.2, 0.25) is 5.02 Å². The lowest BCUT2D eigenvalue weighted by Crippen LogP contribution is -2.32. The van der Waals surface area contributed by atoms with Crippen molar-refractivity contribution >= 4 is 38.3 Å². The van der Waals surface area contributed by atoms with E-state index in [0.29, 0.717) is 23.9 Å². The number of likely N-dealkylation sites (N-methyl/N-ethyl adjacent to an activating group) is 1. The summed E-state index contributed by atoms with van der Waals surface area (Å²) in [6.45, 7) is 0.778. The topological polar surface area (TPSA) is 80.1 Å². The lowest BCUT2D eigenvalue weighted by Gasteiger charge is -2.20. The summed E-state index contributed by atoms with van der Waals surface area (Å²) in [6.07, 6.45) is 6.43. The average molecular weight is 380 g/mol. The molecule has 0 aliphatic carbocycles. The number of aromatic nitrogens is 3. The first-order chi connectivity index (χ1) is 11.8. The number of sulfonamides is 1. The third kappa shape index (κ3) is 4.28. The third-order valence-electron chi connectivity index (χ3n) is 3.72. The highest BCUT2D eigenvalue weighted by Crippen LogP contribution is 2.27. The fraction of sp³-hybridized carbons (Fsp3) is 0.250. The van der Waals surface area contributed by atoms with E-state index in [1.165, 1.54) is 0 Å². The molecule has 0 bridgehead atoms. The number of pyridine rings is 1. The van der Waals surface area contributed by atoms with Crippen LogP contribution in [0, 0.1) is 0 Å². The Morgan fingerprint density at radius 2 is 2.12 bits per heavy atom. The number of imidazole rings is 1. The Balaban J connectivity index is 1.98. The van der Waals surface area contributed by atoms with Gasteiger partial charge in [-0.15, -0.1) is 0 Å². The molecular weight excluding hydrogens is 362 g/mol. The van der Waals surface area contributed by atoms with Crippen molar-refractivity contribution in [2.24, 2.45) is 0 Å². The first-order valence-electron chi connectivity index (χ1n) is 7.58. The van der Waals surface area contributed by atoms with Crippen molar-refractivity contribution in [3.63, 3.8) is 0 Å². The number of hydrogen-bond acceptors (Lipinski definition) is 5. The van der Waals surface area contributed by atoms with Gasteiger partial charge >= 0.3 is 0 Å². The van der Waals surface area contributed by atoms with Gasteiger partial charge in [0.2, 0.25) is 10.0 Å². The number of fused-ring (bicyclic) bond motifs is 1. The maximum atomic E-state index is 11.2. The summed E-state index contributed by atoms with van der Waals surface area (Å²) in [6, 6.07) is 7.50. The van der Waals surface area contributed by atoms with Crippen LogP contribution >= 0.6 is 11.6 Å². The van der Waals surface area contributed by atoms with Gasteiger partial charge in [-0.3, -0.25) is 0 Å². The summed E-state index contributed by atoms with van der Waals surface area (Å²) in [7, 11) is -1.35. The molecular formula is C16H18ClN5O2S. The monoisotopic (exact) mass is 379 g/mol. The zero-order valence-electron chi connectivity index (χ0n) is 13.8. The van der Waals surface area contributed by atoms with E-state index in [1.54, 1.807) is 12.5 Å². The van der Waals surface area contributed by atoms with Gasteiger partial charge in [-0.2, -0.15) is 0 Å². The van der Waals surface area contributed by atoms with E-state index >= 15 is 0 Å². The van der Waals surface area contributed by atoms with Crippen LogP contribution in [0.15, 0.2) is 43.0 Å². The van der Waals surface area contributed by atoms with Gasteiger partial charge in [-0.1, -0.05) is 11.6 Å². The van der Waals surface area contributed by atoms with Crippen LogP contribution in [-0.4, -0.2) is 49.3 Å². The zero-order chi connectivity index (χ0) is 18.0. The molecule has 0 saturated heterocycles. The predicted molar refractivity (Wildman–Crippen MR) is 100.0 cm³/mol. The van der Waals surface area contributed by atoms with E-state index in [4.69, 9.17) is 11.6 Å². The zero-order valence-corrected chi connectivity index (χ0v) is 15.4. The molecule has 0 atom stereocenters. The molecule has 3 aromatic rings. The SMILES string of the molecule is CN(CCNS(C)(=O)=O)c1cc(-n2ccnc2)c2ccc(Cl)cc2n1. The van der Waals surface area contributed by atoms with E-state index in [0.717, 1.165) is 22.8 Å². The Kier molecular flexibility index (Phi) is 4.94. The minimum absolute atomic E-state index is 0.297. The molecule has 9 heteroatoms. The Bertz CT molecular complexity index is 989. The van der Waals surface area contributed by atoms with E-state index < -0.39 is 10.0 Å². The van der Waals surface area contributed by atoms with Crippen LogP contribution in [0.25, 0.3) is 16.6 Å². The van der Waals surface area contributed by atoms with E-state index in [1.807, 2.05) is 47.0 Å².